The first-order chi connectivity index (χ1) is 8.08. The fraction of sp³-hybridized carbons (Fsp3) is 0.333. The van der Waals surface area contributed by atoms with Gasteiger partial charge in [-0.1, -0.05) is 17.7 Å². The molecule has 0 aliphatic rings. The van der Waals surface area contributed by atoms with Gasteiger partial charge in [-0.25, -0.2) is 0 Å². The lowest BCUT2D eigenvalue weighted by Gasteiger charge is -2.15. The second kappa shape index (κ2) is 5.03. The predicted octanol–water partition coefficient (Wildman–Crippen LogP) is 3.92. The molecule has 0 fully saturated rings. The number of aryl methyl sites for hydroxylation is 3. The topological polar surface area (TPSA) is 26.0 Å². The van der Waals surface area contributed by atoms with Gasteiger partial charge in [-0.05, 0) is 66.3 Å². The van der Waals surface area contributed by atoms with Crippen molar-refractivity contribution in [3.05, 3.63) is 56.8 Å². The van der Waals surface area contributed by atoms with Crippen molar-refractivity contribution in [1.29, 1.82) is 0 Å². The van der Waals surface area contributed by atoms with Gasteiger partial charge < -0.3 is 5.73 Å². The Hall–Kier alpha value is -1.12. The van der Waals surface area contributed by atoms with Crippen LogP contribution in [0.1, 0.15) is 33.9 Å². The van der Waals surface area contributed by atoms with Crippen molar-refractivity contribution in [1.82, 2.24) is 0 Å². The third kappa shape index (κ3) is 2.76. The van der Waals surface area contributed by atoms with Crippen LogP contribution in [0.15, 0.2) is 29.0 Å². The highest BCUT2D eigenvalue weighted by Gasteiger charge is 2.11. The highest BCUT2D eigenvalue weighted by molar-refractivity contribution is 7.07. The van der Waals surface area contributed by atoms with Crippen molar-refractivity contribution < 1.29 is 0 Å². The summed E-state index contributed by atoms with van der Waals surface area (Å²) < 4.78 is 0. The van der Waals surface area contributed by atoms with Crippen LogP contribution in [0.25, 0.3) is 0 Å². The first-order valence-corrected chi connectivity index (χ1v) is 6.86. The molecular weight excluding hydrogens is 226 g/mol. The summed E-state index contributed by atoms with van der Waals surface area (Å²) in [6, 6.07) is 6.71. The van der Waals surface area contributed by atoms with Gasteiger partial charge in [-0.2, -0.15) is 11.3 Å². The van der Waals surface area contributed by atoms with E-state index in [0.717, 1.165) is 6.42 Å². The van der Waals surface area contributed by atoms with Crippen LogP contribution in [0.5, 0.6) is 0 Å². The summed E-state index contributed by atoms with van der Waals surface area (Å²) in [5, 5.41) is 4.23. The molecule has 1 aromatic heterocycles. The molecule has 0 radical (unpaired) electrons. The SMILES string of the molecule is Cc1cc(C)c(CC(N)c2ccsc2)c(C)c1. The molecule has 0 aliphatic heterocycles. The van der Waals surface area contributed by atoms with Gasteiger partial charge in [0, 0.05) is 6.04 Å². The number of hydrogen-bond acceptors (Lipinski definition) is 2. The van der Waals surface area contributed by atoms with Crippen molar-refractivity contribution in [2.24, 2.45) is 5.73 Å². The van der Waals surface area contributed by atoms with Gasteiger partial charge in [-0.15, -0.1) is 0 Å². The van der Waals surface area contributed by atoms with Gasteiger partial charge in [0.15, 0.2) is 0 Å². The minimum atomic E-state index is 0.112. The van der Waals surface area contributed by atoms with Crippen LogP contribution in [0.2, 0.25) is 0 Å². The van der Waals surface area contributed by atoms with Crippen molar-refractivity contribution in [3.8, 4) is 0 Å². The van der Waals surface area contributed by atoms with E-state index in [1.165, 1.54) is 27.8 Å². The number of benzene rings is 1. The molecular formula is C15H19NS. The number of rotatable bonds is 3. The monoisotopic (exact) mass is 245 g/mol. The standard InChI is InChI=1S/C15H19NS/c1-10-6-11(2)14(12(3)7-10)8-15(16)13-4-5-17-9-13/h4-7,9,15H,8,16H2,1-3H3. The zero-order chi connectivity index (χ0) is 12.4. The van der Waals surface area contributed by atoms with Gasteiger partial charge in [0.2, 0.25) is 0 Å². The Labute approximate surface area is 107 Å². The van der Waals surface area contributed by atoms with Crippen molar-refractivity contribution in [2.75, 3.05) is 0 Å². The largest absolute Gasteiger partial charge is 0.324 e. The van der Waals surface area contributed by atoms with Gasteiger partial charge in [0.1, 0.15) is 0 Å². The van der Waals surface area contributed by atoms with E-state index in [2.05, 4.69) is 49.7 Å². The predicted molar refractivity (Wildman–Crippen MR) is 75.6 cm³/mol. The van der Waals surface area contributed by atoms with Crippen LogP contribution in [0.3, 0.4) is 0 Å². The Morgan fingerprint density at radius 3 is 2.35 bits per heavy atom. The fourth-order valence-corrected chi connectivity index (χ4v) is 3.08. The summed E-state index contributed by atoms with van der Waals surface area (Å²) >= 11 is 1.71. The van der Waals surface area contributed by atoms with Crippen LogP contribution in [-0.4, -0.2) is 0 Å². The van der Waals surface area contributed by atoms with Crippen LogP contribution in [0, 0.1) is 20.8 Å². The molecule has 1 unspecified atom stereocenters. The Balaban J connectivity index is 2.25. The number of hydrogen-bond donors (Lipinski definition) is 1. The molecule has 0 saturated heterocycles. The molecule has 0 bridgehead atoms. The molecule has 1 nitrogen and oxygen atoms in total. The van der Waals surface area contributed by atoms with E-state index in [9.17, 15) is 0 Å². The van der Waals surface area contributed by atoms with E-state index in [1.807, 2.05) is 0 Å². The van der Waals surface area contributed by atoms with E-state index < -0.39 is 0 Å². The second-order valence-electron chi connectivity index (χ2n) is 4.74. The van der Waals surface area contributed by atoms with Crippen molar-refractivity contribution in [3.63, 3.8) is 0 Å². The summed E-state index contributed by atoms with van der Waals surface area (Å²) in [6.45, 7) is 6.49. The molecule has 0 saturated carbocycles. The smallest absolute Gasteiger partial charge is 0.0344 e. The lowest BCUT2D eigenvalue weighted by Crippen LogP contribution is -2.14. The molecule has 1 aromatic carbocycles. The fourth-order valence-electron chi connectivity index (χ4n) is 2.36. The molecule has 2 rings (SSSR count). The van der Waals surface area contributed by atoms with Crippen LogP contribution >= 0.6 is 11.3 Å². The zero-order valence-electron chi connectivity index (χ0n) is 10.7. The van der Waals surface area contributed by atoms with Gasteiger partial charge in [0.05, 0.1) is 0 Å². The zero-order valence-corrected chi connectivity index (χ0v) is 11.5. The Kier molecular flexibility index (Phi) is 3.65. The van der Waals surface area contributed by atoms with Gasteiger partial charge in [-0.3, -0.25) is 0 Å². The molecule has 90 valence electrons. The molecule has 2 heteroatoms. The van der Waals surface area contributed by atoms with Crippen molar-refractivity contribution >= 4 is 11.3 Å². The molecule has 2 N–H and O–H groups in total. The minimum absolute atomic E-state index is 0.112. The quantitative estimate of drug-likeness (QED) is 0.871. The van der Waals surface area contributed by atoms with Crippen molar-refractivity contribution in [2.45, 2.75) is 33.2 Å². The summed E-state index contributed by atoms with van der Waals surface area (Å²) in [4.78, 5) is 0. The third-order valence-electron chi connectivity index (χ3n) is 3.24. The number of nitrogens with two attached hydrogens (primary N) is 1. The molecule has 0 spiro atoms. The van der Waals surface area contributed by atoms with E-state index in [0.29, 0.717) is 0 Å². The first kappa shape index (κ1) is 12.3. The maximum atomic E-state index is 6.25. The van der Waals surface area contributed by atoms with Crippen LogP contribution < -0.4 is 5.73 Å². The van der Waals surface area contributed by atoms with Gasteiger partial charge in [0.25, 0.3) is 0 Å². The second-order valence-corrected chi connectivity index (χ2v) is 5.52. The lowest BCUT2D eigenvalue weighted by atomic mass is 9.93. The summed E-state index contributed by atoms with van der Waals surface area (Å²) in [6.07, 6.45) is 0.925. The van der Waals surface area contributed by atoms with E-state index in [1.54, 1.807) is 11.3 Å². The highest BCUT2D eigenvalue weighted by atomic mass is 32.1. The van der Waals surface area contributed by atoms with Crippen LogP contribution in [0.4, 0.5) is 0 Å². The highest BCUT2D eigenvalue weighted by Crippen LogP contribution is 2.23. The average Bonchev–Trinajstić information content (AvgIpc) is 2.76. The van der Waals surface area contributed by atoms with Crippen LogP contribution in [-0.2, 0) is 6.42 Å². The van der Waals surface area contributed by atoms with E-state index >= 15 is 0 Å². The normalized spacial score (nSPS) is 12.7. The van der Waals surface area contributed by atoms with E-state index in [4.69, 9.17) is 5.73 Å². The molecule has 2 aromatic rings. The molecule has 0 amide bonds. The van der Waals surface area contributed by atoms with Gasteiger partial charge >= 0.3 is 0 Å². The average molecular weight is 245 g/mol. The summed E-state index contributed by atoms with van der Waals surface area (Å²) in [5.74, 6) is 0. The molecule has 1 atom stereocenters. The minimum Gasteiger partial charge on any atom is -0.324 e. The Bertz CT molecular complexity index is 477. The third-order valence-corrected chi connectivity index (χ3v) is 3.94. The molecule has 1 heterocycles. The summed E-state index contributed by atoms with van der Waals surface area (Å²) in [7, 11) is 0. The number of thiophene rings is 1. The molecule has 17 heavy (non-hydrogen) atoms. The maximum absolute atomic E-state index is 6.25. The Morgan fingerprint density at radius 2 is 1.82 bits per heavy atom. The first-order valence-electron chi connectivity index (χ1n) is 5.92. The van der Waals surface area contributed by atoms with E-state index in [-0.39, 0.29) is 6.04 Å². The lowest BCUT2D eigenvalue weighted by molar-refractivity contribution is 0.718. The Morgan fingerprint density at radius 1 is 1.18 bits per heavy atom. The maximum Gasteiger partial charge on any atom is 0.0344 e. The molecule has 0 aliphatic carbocycles. The summed E-state index contributed by atoms with van der Waals surface area (Å²) in [5.41, 5.74) is 12.9.